The summed E-state index contributed by atoms with van der Waals surface area (Å²) in [6.45, 7) is 2.09. The minimum Gasteiger partial charge on any atom is -0.475 e. The molecule has 0 saturated carbocycles. The quantitative estimate of drug-likeness (QED) is 0.759. The third-order valence-corrected chi connectivity index (χ3v) is 2.86. The fourth-order valence-corrected chi connectivity index (χ4v) is 2.07. The fraction of sp³-hybridized carbons (Fsp3) is 0.600. The summed E-state index contributed by atoms with van der Waals surface area (Å²) >= 11 is 0. The topological polar surface area (TPSA) is 69.2 Å². The predicted octanol–water partition coefficient (Wildman–Crippen LogP) is 0.917. The van der Waals surface area contributed by atoms with Crippen molar-refractivity contribution in [2.24, 2.45) is 0 Å². The van der Waals surface area contributed by atoms with Crippen molar-refractivity contribution in [3.8, 4) is 0 Å². The summed E-state index contributed by atoms with van der Waals surface area (Å²) in [7, 11) is 2.08. The highest BCUT2D eigenvalue weighted by atomic mass is 16.4. The number of H-pyrrole nitrogens is 1. The highest BCUT2D eigenvalue weighted by Gasteiger charge is 2.21. The van der Waals surface area contributed by atoms with Crippen molar-refractivity contribution < 1.29 is 9.90 Å². The Morgan fingerprint density at radius 1 is 1.73 bits per heavy atom. The second-order valence-corrected chi connectivity index (χ2v) is 4.09. The van der Waals surface area contributed by atoms with Crippen molar-refractivity contribution >= 4 is 5.97 Å². The Kier molecular flexibility index (Phi) is 2.73. The van der Waals surface area contributed by atoms with Crippen molar-refractivity contribution in [3.05, 3.63) is 17.7 Å². The van der Waals surface area contributed by atoms with Gasteiger partial charge in [0.2, 0.25) is 5.82 Å². The summed E-state index contributed by atoms with van der Waals surface area (Å²) in [5.41, 5.74) is 0.943. The minimum atomic E-state index is -0.995. The lowest BCUT2D eigenvalue weighted by atomic mass is 9.96. The van der Waals surface area contributed by atoms with E-state index in [1.54, 1.807) is 6.20 Å². The van der Waals surface area contributed by atoms with E-state index in [2.05, 4.69) is 21.9 Å². The van der Waals surface area contributed by atoms with Gasteiger partial charge in [-0.3, -0.25) is 0 Å². The number of piperidine rings is 1. The van der Waals surface area contributed by atoms with E-state index >= 15 is 0 Å². The van der Waals surface area contributed by atoms with E-state index in [9.17, 15) is 4.79 Å². The summed E-state index contributed by atoms with van der Waals surface area (Å²) < 4.78 is 0. The molecule has 0 radical (unpaired) electrons. The lowest BCUT2D eigenvalue weighted by Crippen LogP contribution is -2.30. The van der Waals surface area contributed by atoms with Crippen LogP contribution in [-0.2, 0) is 0 Å². The molecule has 0 aromatic carbocycles. The number of nitrogens with one attached hydrogen (secondary N) is 1. The van der Waals surface area contributed by atoms with Gasteiger partial charge >= 0.3 is 5.97 Å². The van der Waals surface area contributed by atoms with Gasteiger partial charge < -0.3 is 15.0 Å². The van der Waals surface area contributed by atoms with E-state index in [-0.39, 0.29) is 5.82 Å². The Morgan fingerprint density at radius 2 is 2.53 bits per heavy atom. The molecule has 1 aliphatic rings. The Morgan fingerprint density at radius 3 is 3.13 bits per heavy atom. The molecule has 1 fully saturated rings. The molecule has 2 rings (SSSR count). The van der Waals surface area contributed by atoms with E-state index in [1.165, 1.54) is 0 Å². The van der Waals surface area contributed by atoms with Crippen LogP contribution in [0.4, 0.5) is 0 Å². The van der Waals surface area contributed by atoms with Gasteiger partial charge in [0.1, 0.15) is 0 Å². The maximum atomic E-state index is 10.7. The van der Waals surface area contributed by atoms with Gasteiger partial charge in [-0.05, 0) is 26.4 Å². The summed E-state index contributed by atoms with van der Waals surface area (Å²) in [6.07, 6.45) is 3.90. The molecule has 5 nitrogen and oxygen atoms in total. The molecule has 0 bridgehead atoms. The Balaban J connectivity index is 2.11. The van der Waals surface area contributed by atoms with E-state index in [0.717, 1.165) is 31.6 Å². The van der Waals surface area contributed by atoms with Crippen LogP contribution in [-0.4, -0.2) is 46.1 Å². The molecule has 1 aromatic rings. The number of likely N-dealkylation sites (tertiary alicyclic amines) is 1. The van der Waals surface area contributed by atoms with Crippen LogP contribution in [0.15, 0.2) is 6.20 Å². The number of carbonyl (C=O) groups is 1. The number of hydrogen-bond acceptors (Lipinski definition) is 3. The largest absolute Gasteiger partial charge is 0.475 e. The summed E-state index contributed by atoms with van der Waals surface area (Å²) in [4.78, 5) is 19.6. The molecular weight excluding hydrogens is 194 g/mol. The SMILES string of the molecule is CN1CCCC(c2cnc(C(=O)O)[nH]2)C1. The molecule has 2 heterocycles. The lowest BCUT2D eigenvalue weighted by molar-refractivity contribution is 0.0684. The van der Waals surface area contributed by atoms with Gasteiger partial charge in [-0.2, -0.15) is 0 Å². The number of rotatable bonds is 2. The Labute approximate surface area is 88.1 Å². The average Bonchev–Trinajstić information content (AvgIpc) is 2.66. The van der Waals surface area contributed by atoms with Crippen LogP contribution in [0, 0.1) is 0 Å². The molecular formula is C10H15N3O2. The average molecular weight is 209 g/mol. The number of likely N-dealkylation sites (N-methyl/N-ethyl adjacent to an activating group) is 1. The molecule has 1 saturated heterocycles. The molecule has 1 aromatic heterocycles. The van der Waals surface area contributed by atoms with Gasteiger partial charge in [0.25, 0.3) is 0 Å². The Hall–Kier alpha value is -1.36. The maximum absolute atomic E-state index is 10.7. The number of aromatic carboxylic acids is 1. The third-order valence-electron chi connectivity index (χ3n) is 2.86. The van der Waals surface area contributed by atoms with Crippen LogP contribution in [0.5, 0.6) is 0 Å². The predicted molar refractivity (Wildman–Crippen MR) is 55.0 cm³/mol. The molecule has 1 aliphatic heterocycles. The standard InChI is InChI=1S/C10H15N3O2/c1-13-4-2-3-7(6-13)8-5-11-9(12-8)10(14)15/h5,7H,2-4,6H2,1H3,(H,11,12)(H,14,15). The van der Waals surface area contributed by atoms with Crippen LogP contribution in [0.2, 0.25) is 0 Å². The molecule has 15 heavy (non-hydrogen) atoms. The second kappa shape index (κ2) is 4.02. The first kappa shape index (κ1) is 10.2. The van der Waals surface area contributed by atoms with Crippen molar-refractivity contribution in [3.63, 3.8) is 0 Å². The number of nitrogens with zero attached hydrogens (tertiary/aromatic N) is 2. The molecule has 1 unspecified atom stereocenters. The van der Waals surface area contributed by atoms with Crippen molar-refractivity contribution in [2.75, 3.05) is 20.1 Å². The van der Waals surface area contributed by atoms with Gasteiger partial charge in [-0.1, -0.05) is 0 Å². The first-order chi connectivity index (χ1) is 7.16. The molecule has 82 valence electrons. The van der Waals surface area contributed by atoms with Gasteiger partial charge in [-0.15, -0.1) is 0 Å². The zero-order valence-corrected chi connectivity index (χ0v) is 8.73. The lowest BCUT2D eigenvalue weighted by Gasteiger charge is -2.28. The van der Waals surface area contributed by atoms with Crippen molar-refractivity contribution in [1.82, 2.24) is 14.9 Å². The van der Waals surface area contributed by atoms with E-state index in [1.807, 2.05) is 0 Å². The maximum Gasteiger partial charge on any atom is 0.371 e. The van der Waals surface area contributed by atoms with Crippen LogP contribution in [0.1, 0.15) is 35.1 Å². The molecule has 2 N–H and O–H groups in total. The number of carboxylic acid groups (broad SMARTS) is 1. The molecule has 0 aliphatic carbocycles. The molecule has 5 heteroatoms. The summed E-state index contributed by atoms with van der Waals surface area (Å²) in [5, 5.41) is 8.74. The highest BCUT2D eigenvalue weighted by Crippen LogP contribution is 2.24. The minimum absolute atomic E-state index is 0.0400. The number of imidazole rings is 1. The van der Waals surface area contributed by atoms with Crippen LogP contribution in [0.25, 0.3) is 0 Å². The molecule has 0 spiro atoms. The zero-order chi connectivity index (χ0) is 10.8. The fourth-order valence-electron chi connectivity index (χ4n) is 2.07. The van der Waals surface area contributed by atoms with Gasteiger partial charge in [0.15, 0.2) is 0 Å². The normalized spacial score (nSPS) is 22.9. The smallest absolute Gasteiger partial charge is 0.371 e. The van der Waals surface area contributed by atoms with E-state index in [0.29, 0.717) is 5.92 Å². The first-order valence-corrected chi connectivity index (χ1v) is 5.13. The monoisotopic (exact) mass is 209 g/mol. The number of aromatic nitrogens is 2. The summed E-state index contributed by atoms with van der Waals surface area (Å²) in [6, 6.07) is 0. The third kappa shape index (κ3) is 2.18. The van der Waals surface area contributed by atoms with Crippen LogP contribution in [0.3, 0.4) is 0 Å². The van der Waals surface area contributed by atoms with Gasteiger partial charge in [-0.25, -0.2) is 9.78 Å². The first-order valence-electron chi connectivity index (χ1n) is 5.13. The van der Waals surface area contributed by atoms with E-state index < -0.39 is 5.97 Å². The van der Waals surface area contributed by atoms with Crippen molar-refractivity contribution in [2.45, 2.75) is 18.8 Å². The van der Waals surface area contributed by atoms with Crippen LogP contribution >= 0.6 is 0 Å². The number of hydrogen-bond donors (Lipinski definition) is 2. The van der Waals surface area contributed by atoms with Crippen LogP contribution < -0.4 is 0 Å². The second-order valence-electron chi connectivity index (χ2n) is 4.09. The number of carboxylic acids is 1. The van der Waals surface area contributed by atoms with Crippen molar-refractivity contribution in [1.29, 1.82) is 0 Å². The Bertz CT molecular complexity index is 361. The van der Waals surface area contributed by atoms with Gasteiger partial charge in [0.05, 0.1) is 0 Å². The zero-order valence-electron chi connectivity index (χ0n) is 8.73. The molecule has 1 atom stereocenters. The van der Waals surface area contributed by atoms with Gasteiger partial charge in [0, 0.05) is 24.4 Å². The van der Waals surface area contributed by atoms with E-state index in [4.69, 9.17) is 5.11 Å². The number of aromatic amines is 1. The highest BCUT2D eigenvalue weighted by molar-refractivity contribution is 5.83. The summed E-state index contributed by atoms with van der Waals surface area (Å²) in [5.74, 6) is -0.562. The molecule has 0 amide bonds.